The minimum Gasteiger partial charge on any atom is -0.503 e. The summed E-state index contributed by atoms with van der Waals surface area (Å²) in [6.07, 6.45) is -5.13. The van der Waals surface area contributed by atoms with Crippen LogP contribution in [0, 0.1) is 11.3 Å². The predicted octanol–water partition coefficient (Wildman–Crippen LogP) is 1.06. The van der Waals surface area contributed by atoms with Gasteiger partial charge in [0.15, 0.2) is 5.57 Å². The fourth-order valence-corrected chi connectivity index (χ4v) is 0.439. The van der Waals surface area contributed by atoms with Crippen molar-refractivity contribution in [3.8, 4) is 6.07 Å². The number of rotatable bonds is 1. The van der Waals surface area contributed by atoms with Crippen molar-refractivity contribution < 1.29 is 27.8 Å². The molecule has 7 heteroatoms. The van der Waals surface area contributed by atoms with Gasteiger partial charge in [0.25, 0.3) is 0 Å². The van der Waals surface area contributed by atoms with E-state index in [-0.39, 0.29) is 0 Å². The van der Waals surface area contributed by atoms with E-state index in [4.69, 9.17) is 10.4 Å². The molecule has 0 spiro atoms. The van der Waals surface area contributed by atoms with E-state index < -0.39 is 23.5 Å². The first kappa shape index (κ1) is 11.3. The Kier molecular flexibility index (Phi) is 3.30. The Morgan fingerprint density at radius 3 is 2.23 bits per heavy atom. The Morgan fingerprint density at radius 2 is 2.00 bits per heavy atom. The Bertz CT molecular complexity index is 286. The highest BCUT2D eigenvalue weighted by molar-refractivity contribution is 5.93. The van der Waals surface area contributed by atoms with Crippen LogP contribution in [-0.2, 0) is 9.53 Å². The molecule has 0 fully saturated rings. The third-order valence-corrected chi connectivity index (χ3v) is 1.01. The first-order chi connectivity index (χ1) is 5.84. The molecule has 0 aromatic rings. The summed E-state index contributed by atoms with van der Waals surface area (Å²) in [5, 5.41) is 16.5. The molecule has 0 saturated heterocycles. The molecule has 13 heavy (non-hydrogen) atoms. The topological polar surface area (TPSA) is 70.3 Å². The van der Waals surface area contributed by atoms with Crippen LogP contribution < -0.4 is 0 Å². The molecule has 0 heterocycles. The number of alkyl halides is 3. The van der Waals surface area contributed by atoms with Gasteiger partial charge in [-0.15, -0.1) is 0 Å². The highest BCUT2D eigenvalue weighted by Crippen LogP contribution is 2.25. The Balaban J connectivity index is 5.18. The molecular formula is C6H4F3NO3. The van der Waals surface area contributed by atoms with E-state index in [1.54, 1.807) is 0 Å². The summed E-state index contributed by atoms with van der Waals surface area (Å²) in [6.45, 7) is 0. The Hall–Kier alpha value is -1.71. The molecule has 0 aliphatic carbocycles. The van der Waals surface area contributed by atoms with E-state index >= 15 is 0 Å². The second kappa shape index (κ2) is 3.80. The summed E-state index contributed by atoms with van der Waals surface area (Å²) < 4.78 is 39.0. The number of halogens is 3. The van der Waals surface area contributed by atoms with Crippen LogP contribution in [0.15, 0.2) is 11.3 Å². The number of nitrogens with zero attached hydrogens (tertiary/aromatic N) is 1. The zero-order chi connectivity index (χ0) is 10.6. The van der Waals surface area contributed by atoms with Gasteiger partial charge in [0.2, 0.25) is 5.76 Å². The van der Waals surface area contributed by atoms with Gasteiger partial charge >= 0.3 is 12.1 Å². The van der Waals surface area contributed by atoms with Crippen LogP contribution in [0.25, 0.3) is 0 Å². The molecular weight excluding hydrogens is 191 g/mol. The zero-order valence-corrected chi connectivity index (χ0v) is 6.34. The highest BCUT2D eigenvalue weighted by atomic mass is 19.4. The fraction of sp³-hybridized carbons (Fsp3) is 0.333. The maximum atomic E-state index is 11.7. The molecule has 0 aromatic carbocycles. The van der Waals surface area contributed by atoms with Gasteiger partial charge in [-0.3, -0.25) is 0 Å². The van der Waals surface area contributed by atoms with Crippen LogP contribution in [0.1, 0.15) is 0 Å². The summed E-state index contributed by atoms with van der Waals surface area (Å²) >= 11 is 0. The molecule has 0 radical (unpaired) electrons. The lowest BCUT2D eigenvalue weighted by Crippen LogP contribution is -2.18. The smallest absolute Gasteiger partial charge is 0.450 e. The number of hydrogen-bond acceptors (Lipinski definition) is 4. The van der Waals surface area contributed by atoms with Crippen LogP contribution in [-0.4, -0.2) is 24.4 Å². The average molecular weight is 195 g/mol. The van der Waals surface area contributed by atoms with Crippen molar-refractivity contribution >= 4 is 5.97 Å². The molecule has 0 rings (SSSR count). The lowest BCUT2D eigenvalue weighted by Gasteiger charge is -2.05. The normalized spacial score (nSPS) is 12.8. The van der Waals surface area contributed by atoms with E-state index in [1.165, 1.54) is 0 Å². The molecule has 4 nitrogen and oxygen atoms in total. The maximum Gasteiger partial charge on any atom is 0.450 e. The second-order valence-corrected chi connectivity index (χ2v) is 1.82. The Morgan fingerprint density at radius 1 is 1.54 bits per heavy atom. The number of allylic oxidation sites excluding steroid dienone is 1. The summed E-state index contributed by atoms with van der Waals surface area (Å²) in [7, 11) is 0.795. The van der Waals surface area contributed by atoms with Crippen LogP contribution in [0.2, 0.25) is 0 Å². The number of hydrogen-bond donors (Lipinski definition) is 1. The predicted molar refractivity (Wildman–Crippen MR) is 33.3 cm³/mol. The molecule has 0 bridgehead atoms. The van der Waals surface area contributed by atoms with E-state index in [0.717, 1.165) is 13.2 Å². The summed E-state index contributed by atoms with van der Waals surface area (Å²) in [6, 6.07) is 0.894. The van der Waals surface area contributed by atoms with Gasteiger partial charge in [-0.1, -0.05) is 0 Å². The number of methoxy groups -OCH3 is 1. The van der Waals surface area contributed by atoms with Crippen LogP contribution >= 0.6 is 0 Å². The number of esters is 1. The van der Waals surface area contributed by atoms with Gasteiger partial charge < -0.3 is 9.84 Å². The maximum absolute atomic E-state index is 11.7. The number of aliphatic hydroxyl groups excluding tert-OH is 1. The monoisotopic (exact) mass is 195 g/mol. The number of nitriles is 1. The van der Waals surface area contributed by atoms with Gasteiger partial charge in [0.05, 0.1) is 7.11 Å². The minimum atomic E-state index is -5.13. The molecule has 0 unspecified atom stereocenters. The first-order valence-corrected chi connectivity index (χ1v) is 2.83. The fourth-order valence-electron chi connectivity index (χ4n) is 0.439. The number of carbonyl (C=O) groups is 1. The average Bonchev–Trinajstić information content (AvgIpc) is 2.03. The minimum absolute atomic E-state index is 0.795. The van der Waals surface area contributed by atoms with Gasteiger partial charge in [-0.25, -0.2) is 4.79 Å². The summed E-state index contributed by atoms with van der Waals surface area (Å²) in [5.74, 6) is -3.78. The highest BCUT2D eigenvalue weighted by Gasteiger charge is 2.39. The van der Waals surface area contributed by atoms with E-state index in [2.05, 4.69) is 4.74 Å². The lowest BCUT2D eigenvalue weighted by molar-refractivity contribution is -0.140. The van der Waals surface area contributed by atoms with Crippen molar-refractivity contribution in [3.63, 3.8) is 0 Å². The van der Waals surface area contributed by atoms with E-state index in [1.807, 2.05) is 0 Å². The van der Waals surface area contributed by atoms with Crippen LogP contribution in [0.3, 0.4) is 0 Å². The van der Waals surface area contributed by atoms with Crippen molar-refractivity contribution in [1.82, 2.24) is 0 Å². The SMILES string of the molecule is COC(=O)/C(C#N)=C(/O)C(F)(F)F. The summed E-state index contributed by atoms with van der Waals surface area (Å²) in [4.78, 5) is 10.5. The molecule has 0 aromatic heterocycles. The summed E-state index contributed by atoms with van der Waals surface area (Å²) in [5.41, 5.74) is -1.46. The van der Waals surface area contributed by atoms with E-state index in [9.17, 15) is 18.0 Å². The molecule has 0 saturated carbocycles. The van der Waals surface area contributed by atoms with Crippen molar-refractivity contribution in [2.75, 3.05) is 7.11 Å². The van der Waals surface area contributed by atoms with Gasteiger partial charge in [-0.05, 0) is 0 Å². The number of ether oxygens (including phenoxy) is 1. The lowest BCUT2D eigenvalue weighted by atomic mass is 10.2. The third kappa shape index (κ3) is 2.66. The molecule has 0 aliphatic rings. The van der Waals surface area contributed by atoms with Crippen molar-refractivity contribution in [2.24, 2.45) is 0 Å². The second-order valence-electron chi connectivity index (χ2n) is 1.82. The standard InChI is InChI=1S/C6H4F3NO3/c1-13-5(12)3(2-10)4(11)6(7,8)9/h11H,1H3/b4-3+. The van der Waals surface area contributed by atoms with Gasteiger partial charge in [0.1, 0.15) is 6.07 Å². The van der Waals surface area contributed by atoms with Gasteiger partial charge in [-0.2, -0.15) is 18.4 Å². The molecule has 0 amide bonds. The third-order valence-electron chi connectivity index (χ3n) is 1.01. The number of aliphatic hydroxyl groups is 1. The molecule has 1 N–H and O–H groups in total. The van der Waals surface area contributed by atoms with Crippen molar-refractivity contribution in [2.45, 2.75) is 6.18 Å². The molecule has 72 valence electrons. The van der Waals surface area contributed by atoms with Crippen molar-refractivity contribution in [1.29, 1.82) is 5.26 Å². The molecule has 0 aliphatic heterocycles. The largest absolute Gasteiger partial charge is 0.503 e. The quantitative estimate of drug-likeness (QED) is 0.294. The van der Waals surface area contributed by atoms with Gasteiger partial charge in [0, 0.05) is 0 Å². The Labute approximate surface area is 70.8 Å². The number of carbonyl (C=O) groups excluding carboxylic acids is 1. The van der Waals surface area contributed by atoms with Crippen LogP contribution in [0.4, 0.5) is 13.2 Å². The van der Waals surface area contributed by atoms with Crippen molar-refractivity contribution in [3.05, 3.63) is 11.3 Å². The zero-order valence-electron chi connectivity index (χ0n) is 6.34. The van der Waals surface area contributed by atoms with E-state index in [0.29, 0.717) is 0 Å². The first-order valence-electron chi connectivity index (χ1n) is 2.83. The van der Waals surface area contributed by atoms with Crippen LogP contribution in [0.5, 0.6) is 0 Å². The molecule has 0 atom stereocenters.